The number of rotatable bonds is 3. The quantitative estimate of drug-likeness (QED) is 0.789. The van der Waals surface area contributed by atoms with Crippen LogP contribution < -0.4 is 9.47 Å². The summed E-state index contributed by atoms with van der Waals surface area (Å²) < 4.78 is 15.5. The van der Waals surface area contributed by atoms with Crippen molar-refractivity contribution in [2.45, 2.75) is 0 Å². The van der Waals surface area contributed by atoms with Crippen molar-refractivity contribution in [3.05, 3.63) is 42.2 Å². The number of furan rings is 1. The van der Waals surface area contributed by atoms with E-state index in [4.69, 9.17) is 19.2 Å². The maximum atomic E-state index is 8.57. The molecule has 0 atom stereocenters. The molecule has 0 unspecified atom stereocenters. The largest absolute Gasteiger partial charge is 0.497 e. The van der Waals surface area contributed by atoms with Crippen molar-refractivity contribution in [2.24, 2.45) is 0 Å². The minimum absolute atomic E-state index is 0.225. The van der Waals surface area contributed by atoms with Crippen LogP contribution in [0.2, 0.25) is 0 Å². The van der Waals surface area contributed by atoms with E-state index in [1.807, 2.05) is 6.07 Å². The van der Waals surface area contributed by atoms with E-state index >= 15 is 0 Å². The third kappa shape index (κ3) is 2.15. The van der Waals surface area contributed by atoms with Crippen molar-refractivity contribution in [2.75, 3.05) is 7.11 Å². The van der Waals surface area contributed by atoms with E-state index in [1.165, 1.54) is 0 Å². The van der Waals surface area contributed by atoms with Crippen LogP contribution in [-0.2, 0) is 0 Å². The lowest BCUT2D eigenvalue weighted by atomic mass is 10.3. The zero-order valence-electron chi connectivity index (χ0n) is 8.64. The normalized spacial score (nSPS) is 9.50. The summed E-state index contributed by atoms with van der Waals surface area (Å²) in [5.74, 6) is 1.90. The van der Waals surface area contributed by atoms with Crippen LogP contribution in [0.1, 0.15) is 5.76 Å². The number of nitrogens with zero attached hydrogens (tertiary/aromatic N) is 1. The van der Waals surface area contributed by atoms with E-state index in [0.29, 0.717) is 11.7 Å². The lowest BCUT2D eigenvalue weighted by molar-refractivity contribution is 0.342. The molecule has 0 saturated carbocycles. The molecule has 0 bridgehead atoms. The fraction of sp³-hybridized carbons (Fsp3) is 0.0833. The van der Waals surface area contributed by atoms with E-state index in [0.717, 1.165) is 5.75 Å². The van der Waals surface area contributed by atoms with Gasteiger partial charge >= 0.3 is 0 Å². The molecule has 1 aromatic heterocycles. The Morgan fingerprint density at radius 3 is 2.31 bits per heavy atom. The molecule has 0 saturated heterocycles. The molecule has 0 fully saturated rings. The van der Waals surface area contributed by atoms with Gasteiger partial charge < -0.3 is 13.9 Å². The minimum atomic E-state index is 0.225. The first-order chi connectivity index (χ1) is 7.81. The Morgan fingerprint density at radius 1 is 1.06 bits per heavy atom. The maximum absolute atomic E-state index is 8.57. The van der Waals surface area contributed by atoms with Gasteiger partial charge in [-0.15, -0.1) is 0 Å². The van der Waals surface area contributed by atoms with Crippen molar-refractivity contribution in [1.82, 2.24) is 0 Å². The Morgan fingerprint density at radius 2 is 1.75 bits per heavy atom. The van der Waals surface area contributed by atoms with Gasteiger partial charge in [0, 0.05) is 6.07 Å². The van der Waals surface area contributed by atoms with Gasteiger partial charge in [-0.1, -0.05) is 0 Å². The van der Waals surface area contributed by atoms with E-state index in [9.17, 15) is 0 Å². The van der Waals surface area contributed by atoms with Crippen LogP contribution in [0, 0.1) is 11.3 Å². The monoisotopic (exact) mass is 215 g/mol. The van der Waals surface area contributed by atoms with Crippen LogP contribution in [0.25, 0.3) is 0 Å². The van der Waals surface area contributed by atoms with Crippen molar-refractivity contribution in [3.63, 3.8) is 0 Å². The molecule has 1 aromatic carbocycles. The Balaban J connectivity index is 2.11. The van der Waals surface area contributed by atoms with Crippen LogP contribution in [-0.4, -0.2) is 7.11 Å². The number of methoxy groups -OCH3 is 1. The highest BCUT2D eigenvalue weighted by molar-refractivity contribution is 5.33. The predicted octanol–water partition coefficient (Wildman–Crippen LogP) is 2.95. The molecule has 16 heavy (non-hydrogen) atoms. The molecule has 4 nitrogen and oxygen atoms in total. The van der Waals surface area contributed by atoms with E-state index in [-0.39, 0.29) is 5.76 Å². The van der Waals surface area contributed by atoms with Gasteiger partial charge in [0.1, 0.15) is 17.6 Å². The first kappa shape index (κ1) is 10.1. The smallest absolute Gasteiger partial charge is 0.291 e. The van der Waals surface area contributed by atoms with Gasteiger partial charge in [-0.05, 0) is 30.3 Å². The summed E-state index contributed by atoms with van der Waals surface area (Å²) >= 11 is 0. The van der Waals surface area contributed by atoms with Gasteiger partial charge in [-0.3, -0.25) is 0 Å². The topological polar surface area (TPSA) is 55.4 Å². The summed E-state index contributed by atoms with van der Waals surface area (Å²) in [7, 11) is 1.60. The summed E-state index contributed by atoms with van der Waals surface area (Å²) in [6, 6.07) is 12.1. The lowest BCUT2D eigenvalue weighted by Gasteiger charge is -2.02. The second kappa shape index (κ2) is 4.41. The van der Waals surface area contributed by atoms with Crippen molar-refractivity contribution < 1.29 is 13.9 Å². The van der Waals surface area contributed by atoms with Crippen molar-refractivity contribution in [3.8, 4) is 23.5 Å². The number of nitriles is 1. The maximum Gasteiger partial charge on any atom is 0.291 e. The van der Waals surface area contributed by atoms with Crippen LogP contribution in [0.4, 0.5) is 0 Å². The Hall–Kier alpha value is -2.41. The SMILES string of the molecule is COc1ccc(Oc2ccc(C#N)o2)cc1. The molecule has 2 rings (SSSR count). The van der Waals surface area contributed by atoms with Gasteiger partial charge in [0.25, 0.3) is 5.95 Å². The van der Waals surface area contributed by atoms with E-state index in [1.54, 1.807) is 43.5 Å². The Bertz CT molecular complexity index is 508. The average molecular weight is 215 g/mol. The zero-order valence-corrected chi connectivity index (χ0v) is 8.64. The van der Waals surface area contributed by atoms with Gasteiger partial charge in [0.2, 0.25) is 5.76 Å². The van der Waals surface area contributed by atoms with Gasteiger partial charge in [0.15, 0.2) is 0 Å². The molecular formula is C12H9NO3. The highest BCUT2D eigenvalue weighted by Gasteiger charge is 2.03. The standard InChI is InChI=1S/C12H9NO3/c1-14-9-2-4-10(5-3-9)15-12-7-6-11(8-13)16-12/h2-7H,1H3. The summed E-state index contributed by atoms with van der Waals surface area (Å²) in [4.78, 5) is 0. The van der Waals surface area contributed by atoms with E-state index < -0.39 is 0 Å². The Kier molecular flexibility index (Phi) is 2.79. The fourth-order valence-corrected chi connectivity index (χ4v) is 1.20. The van der Waals surface area contributed by atoms with Crippen molar-refractivity contribution >= 4 is 0 Å². The number of ether oxygens (including phenoxy) is 2. The lowest BCUT2D eigenvalue weighted by Crippen LogP contribution is -1.84. The molecule has 80 valence electrons. The molecular weight excluding hydrogens is 206 g/mol. The molecule has 4 heteroatoms. The molecule has 0 aliphatic rings. The second-order valence-electron chi connectivity index (χ2n) is 3.01. The molecule has 0 N–H and O–H groups in total. The minimum Gasteiger partial charge on any atom is -0.497 e. The fourth-order valence-electron chi connectivity index (χ4n) is 1.20. The van der Waals surface area contributed by atoms with Crippen LogP contribution in [0.5, 0.6) is 17.4 Å². The zero-order chi connectivity index (χ0) is 11.4. The Labute approximate surface area is 92.6 Å². The summed E-state index contributed by atoms with van der Waals surface area (Å²) in [5.41, 5.74) is 0. The number of benzene rings is 1. The molecule has 0 radical (unpaired) electrons. The highest BCUT2D eigenvalue weighted by Crippen LogP contribution is 2.25. The predicted molar refractivity (Wildman–Crippen MR) is 56.5 cm³/mol. The number of hydrogen-bond acceptors (Lipinski definition) is 4. The van der Waals surface area contributed by atoms with E-state index in [2.05, 4.69) is 0 Å². The van der Waals surface area contributed by atoms with Crippen LogP contribution in [0.3, 0.4) is 0 Å². The van der Waals surface area contributed by atoms with Gasteiger partial charge in [-0.2, -0.15) is 5.26 Å². The molecule has 0 aliphatic carbocycles. The van der Waals surface area contributed by atoms with Crippen LogP contribution in [0.15, 0.2) is 40.8 Å². The van der Waals surface area contributed by atoms with Crippen LogP contribution >= 0.6 is 0 Å². The van der Waals surface area contributed by atoms with Crippen molar-refractivity contribution in [1.29, 1.82) is 5.26 Å². The first-order valence-electron chi connectivity index (χ1n) is 4.63. The first-order valence-corrected chi connectivity index (χ1v) is 4.63. The second-order valence-corrected chi connectivity index (χ2v) is 3.01. The molecule has 0 spiro atoms. The number of hydrogen-bond donors (Lipinski definition) is 0. The molecule has 0 amide bonds. The molecule has 2 aromatic rings. The summed E-state index contributed by atoms with van der Waals surface area (Å²) in [6.45, 7) is 0. The van der Waals surface area contributed by atoms with Gasteiger partial charge in [0.05, 0.1) is 7.11 Å². The highest BCUT2D eigenvalue weighted by atomic mass is 16.6. The third-order valence-corrected chi connectivity index (χ3v) is 1.97. The van der Waals surface area contributed by atoms with Gasteiger partial charge in [-0.25, -0.2) is 0 Å². The average Bonchev–Trinajstić information content (AvgIpc) is 2.78. The summed E-state index contributed by atoms with van der Waals surface area (Å²) in [6.07, 6.45) is 0. The molecule has 1 heterocycles. The summed E-state index contributed by atoms with van der Waals surface area (Å²) in [5, 5.41) is 8.57. The molecule has 0 aliphatic heterocycles. The third-order valence-electron chi connectivity index (χ3n) is 1.97.